The van der Waals surface area contributed by atoms with Crippen molar-refractivity contribution in [2.75, 3.05) is 18.5 Å². The lowest BCUT2D eigenvalue weighted by Gasteiger charge is -2.23. The zero-order chi connectivity index (χ0) is 21.4. The first-order valence-corrected chi connectivity index (χ1v) is 10.7. The summed E-state index contributed by atoms with van der Waals surface area (Å²) in [5, 5.41) is 14.4. The first kappa shape index (κ1) is 20.1. The van der Waals surface area contributed by atoms with Gasteiger partial charge in [-0.05, 0) is 49.2 Å². The van der Waals surface area contributed by atoms with Crippen molar-refractivity contribution in [2.24, 2.45) is 0 Å². The van der Waals surface area contributed by atoms with Crippen LogP contribution in [0.3, 0.4) is 0 Å². The number of benzene rings is 2. The lowest BCUT2D eigenvalue weighted by atomic mass is 10.1. The Balaban J connectivity index is 1.63. The molecule has 1 fully saturated rings. The van der Waals surface area contributed by atoms with Gasteiger partial charge in [0.05, 0.1) is 21.1 Å². The number of anilines is 1. The number of aromatic hydroxyl groups is 1. The molecule has 0 amide bonds. The Morgan fingerprint density at radius 1 is 1.00 bits per heavy atom. The van der Waals surface area contributed by atoms with Crippen LogP contribution in [0.2, 0.25) is 10.0 Å². The predicted octanol–water partition coefficient (Wildman–Crippen LogP) is 5.09. The zero-order valence-corrected chi connectivity index (χ0v) is 17.9. The molecule has 1 saturated heterocycles. The highest BCUT2D eigenvalue weighted by Gasteiger charge is 2.19. The third-order valence-electron chi connectivity index (χ3n) is 5.24. The maximum atomic E-state index is 10.1. The van der Waals surface area contributed by atoms with Crippen molar-refractivity contribution in [3.8, 4) is 23.0 Å². The number of rotatable bonds is 4. The first-order chi connectivity index (χ1) is 15.1. The average molecular weight is 456 g/mol. The van der Waals surface area contributed by atoms with Gasteiger partial charge in [-0.25, -0.2) is 9.97 Å². The van der Waals surface area contributed by atoms with Crippen LogP contribution in [0.25, 0.3) is 28.2 Å². The third kappa shape index (κ3) is 4.04. The highest BCUT2D eigenvalue weighted by molar-refractivity contribution is 6.42. The normalized spacial score (nSPS) is 14.8. The molecule has 4 aromatic rings. The smallest absolute Gasteiger partial charge is 0.224 e. The highest BCUT2D eigenvalue weighted by Crippen LogP contribution is 2.33. The van der Waals surface area contributed by atoms with E-state index in [0.717, 1.165) is 42.7 Å². The molecule has 0 spiro atoms. The molecular weight excluding hydrogens is 437 g/mol. The van der Waals surface area contributed by atoms with E-state index in [1.54, 1.807) is 42.6 Å². The molecule has 2 N–H and O–H groups in total. The molecule has 7 nitrogen and oxygen atoms in total. The number of nitrogens with zero attached hydrogens (tertiary/aromatic N) is 4. The van der Waals surface area contributed by atoms with E-state index in [1.807, 2.05) is 10.6 Å². The van der Waals surface area contributed by atoms with Gasteiger partial charge in [-0.2, -0.15) is 4.98 Å². The van der Waals surface area contributed by atoms with Gasteiger partial charge < -0.3 is 15.2 Å². The zero-order valence-electron chi connectivity index (χ0n) is 16.4. The molecule has 2 aromatic heterocycles. The molecular formula is C22H19Cl2N5O2. The molecule has 0 radical (unpaired) electrons. The molecule has 31 heavy (non-hydrogen) atoms. The molecule has 1 aliphatic heterocycles. The largest absolute Gasteiger partial charge is 0.508 e. The first-order valence-electron chi connectivity index (χ1n) is 9.93. The molecule has 158 valence electrons. The van der Waals surface area contributed by atoms with E-state index in [0.29, 0.717) is 27.6 Å². The lowest BCUT2D eigenvalue weighted by Crippen LogP contribution is -2.28. The Labute approximate surface area is 188 Å². The van der Waals surface area contributed by atoms with Gasteiger partial charge in [0.15, 0.2) is 0 Å². The van der Waals surface area contributed by atoms with Gasteiger partial charge in [-0.1, -0.05) is 23.2 Å². The van der Waals surface area contributed by atoms with Crippen LogP contribution in [0.15, 0.2) is 48.7 Å². The van der Waals surface area contributed by atoms with Crippen molar-refractivity contribution in [2.45, 2.75) is 18.9 Å². The molecule has 0 saturated carbocycles. The van der Waals surface area contributed by atoms with E-state index < -0.39 is 0 Å². The van der Waals surface area contributed by atoms with Gasteiger partial charge in [0.2, 0.25) is 5.95 Å². The Hall–Kier alpha value is -2.87. The summed E-state index contributed by atoms with van der Waals surface area (Å²) in [5.74, 6) is 1.93. The van der Waals surface area contributed by atoms with E-state index in [-0.39, 0.29) is 11.8 Å². The van der Waals surface area contributed by atoms with Crippen molar-refractivity contribution < 1.29 is 9.84 Å². The molecule has 2 aromatic carbocycles. The summed E-state index contributed by atoms with van der Waals surface area (Å²) in [5.41, 5.74) is 2.22. The number of imidazole rings is 1. The monoisotopic (exact) mass is 455 g/mol. The van der Waals surface area contributed by atoms with Gasteiger partial charge in [0, 0.05) is 37.1 Å². The quantitative estimate of drug-likeness (QED) is 0.445. The topological polar surface area (TPSA) is 85.1 Å². The van der Waals surface area contributed by atoms with Crippen molar-refractivity contribution >= 4 is 40.2 Å². The predicted molar refractivity (Wildman–Crippen MR) is 121 cm³/mol. The molecule has 0 bridgehead atoms. The van der Waals surface area contributed by atoms with Crippen molar-refractivity contribution in [1.29, 1.82) is 0 Å². The fourth-order valence-electron chi connectivity index (χ4n) is 3.69. The van der Waals surface area contributed by atoms with Crippen LogP contribution in [0.4, 0.5) is 5.95 Å². The lowest BCUT2D eigenvalue weighted by molar-refractivity contribution is 0.0903. The second kappa shape index (κ2) is 8.34. The highest BCUT2D eigenvalue weighted by atomic mass is 35.5. The standard InChI is InChI=1S/C22H19Cl2N5O2/c23-16-3-1-13(11-17(16)24)21-27-18-4-2-15(30)12-19(18)29(21)20-5-8-25-22(28-20)26-14-6-9-31-10-7-14/h1-5,8,11-12,14,30H,6-7,9-10H2,(H,25,26,28). The minimum Gasteiger partial charge on any atom is -0.508 e. The summed E-state index contributed by atoms with van der Waals surface area (Å²) in [6.07, 6.45) is 3.52. The van der Waals surface area contributed by atoms with Crippen LogP contribution in [0.1, 0.15) is 12.8 Å². The number of hydrogen-bond acceptors (Lipinski definition) is 6. The Morgan fingerprint density at radius 2 is 1.84 bits per heavy atom. The summed E-state index contributed by atoms with van der Waals surface area (Å²) in [7, 11) is 0. The van der Waals surface area contributed by atoms with E-state index in [9.17, 15) is 5.11 Å². The van der Waals surface area contributed by atoms with Gasteiger partial charge >= 0.3 is 0 Å². The Morgan fingerprint density at radius 3 is 2.65 bits per heavy atom. The SMILES string of the molecule is Oc1ccc2nc(-c3ccc(Cl)c(Cl)c3)n(-c3ccnc(NC4CCOCC4)n3)c2c1. The molecule has 5 rings (SSSR count). The van der Waals surface area contributed by atoms with Gasteiger partial charge in [0.25, 0.3) is 0 Å². The average Bonchev–Trinajstić information content (AvgIpc) is 3.15. The van der Waals surface area contributed by atoms with Crippen LogP contribution in [-0.2, 0) is 4.74 Å². The number of nitrogens with one attached hydrogen (secondary N) is 1. The van der Waals surface area contributed by atoms with Gasteiger partial charge in [0.1, 0.15) is 17.4 Å². The van der Waals surface area contributed by atoms with Crippen LogP contribution >= 0.6 is 23.2 Å². The summed E-state index contributed by atoms with van der Waals surface area (Å²) in [4.78, 5) is 13.9. The molecule has 3 heterocycles. The van der Waals surface area contributed by atoms with E-state index in [1.165, 1.54) is 0 Å². The minimum atomic E-state index is 0.143. The molecule has 0 aliphatic carbocycles. The second-order valence-electron chi connectivity index (χ2n) is 7.34. The number of ether oxygens (including phenoxy) is 1. The van der Waals surface area contributed by atoms with Crippen LogP contribution in [0.5, 0.6) is 5.75 Å². The van der Waals surface area contributed by atoms with Crippen molar-refractivity contribution in [3.05, 3.63) is 58.7 Å². The fraction of sp³-hybridized carbons (Fsp3) is 0.227. The van der Waals surface area contributed by atoms with E-state index in [4.69, 9.17) is 37.9 Å². The molecule has 1 aliphatic rings. The second-order valence-corrected chi connectivity index (χ2v) is 8.16. The number of phenols is 1. The van der Waals surface area contributed by atoms with E-state index >= 15 is 0 Å². The Kier molecular flexibility index (Phi) is 5.40. The fourth-order valence-corrected chi connectivity index (χ4v) is 3.99. The van der Waals surface area contributed by atoms with E-state index in [2.05, 4.69) is 10.3 Å². The summed E-state index contributed by atoms with van der Waals surface area (Å²) >= 11 is 12.4. The number of aromatic nitrogens is 4. The van der Waals surface area contributed by atoms with Gasteiger partial charge in [-0.3, -0.25) is 4.57 Å². The molecule has 9 heteroatoms. The maximum Gasteiger partial charge on any atom is 0.224 e. The molecule has 0 unspecified atom stereocenters. The minimum absolute atomic E-state index is 0.143. The van der Waals surface area contributed by atoms with Crippen LogP contribution in [-0.4, -0.2) is 43.9 Å². The Bertz CT molecular complexity index is 1250. The van der Waals surface area contributed by atoms with Gasteiger partial charge in [-0.15, -0.1) is 0 Å². The number of hydrogen-bond donors (Lipinski definition) is 2. The molecule has 0 atom stereocenters. The van der Waals surface area contributed by atoms with Crippen LogP contribution < -0.4 is 5.32 Å². The summed E-state index contributed by atoms with van der Waals surface area (Å²) < 4.78 is 7.31. The number of halogens is 2. The summed E-state index contributed by atoms with van der Waals surface area (Å²) in [6, 6.07) is 12.5. The van der Waals surface area contributed by atoms with Crippen molar-refractivity contribution in [3.63, 3.8) is 0 Å². The summed E-state index contributed by atoms with van der Waals surface area (Å²) in [6.45, 7) is 1.45. The number of fused-ring (bicyclic) bond motifs is 1. The maximum absolute atomic E-state index is 10.1. The third-order valence-corrected chi connectivity index (χ3v) is 5.98. The van der Waals surface area contributed by atoms with Crippen molar-refractivity contribution in [1.82, 2.24) is 19.5 Å². The number of phenolic OH excluding ortho intramolecular Hbond substituents is 1. The van der Waals surface area contributed by atoms with Crippen LogP contribution in [0, 0.1) is 0 Å².